The van der Waals surface area contributed by atoms with Crippen molar-refractivity contribution < 1.29 is 14.3 Å². The molecule has 1 N–H and O–H groups in total. The van der Waals surface area contributed by atoms with Crippen LogP contribution in [0.2, 0.25) is 0 Å². The molecule has 26 heavy (non-hydrogen) atoms. The molecule has 0 aliphatic heterocycles. The number of nitrogens with one attached hydrogen (secondary N) is 1. The third-order valence-electron chi connectivity index (χ3n) is 4.69. The maximum absolute atomic E-state index is 12.6. The molecule has 0 radical (unpaired) electrons. The average molecular weight is 372 g/mol. The molecule has 0 bridgehead atoms. The van der Waals surface area contributed by atoms with E-state index >= 15 is 0 Å². The normalized spacial score (nSPS) is 13.4. The number of hydrogen-bond donors (Lipinski definition) is 1. The van der Waals surface area contributed by atoms with Crippen molar-refractivity contribution in [2.45, 2.75) is 46.5 Å². The van der Waals surface area contributed by atoms with E-state index in [1.54, 1.807) is 6.92 Å². The Morgan fingerprint density at radius 3 is 2.62 bits per heavy atom. The number of rotatable bonds is 5. The summed E-state index contributed by atoms with van der Waals surface area (Å²) in [6.45, 7) is 5.75. The number of fused-ring (bicyclic) bond motifs is 1. The van der Waals surface area contributed by atoms with E-state index in [0.29, 0.717) is 17.2 Å². The Bertz CT molecular complexity index is 823. The highest BCUT2D eigenvalue weighted by Crippen LogP contribution is 2.38. The van der Waals surface area contributed by atoms with Crippen LogP contribution in [-0.2, 0) is 22.4 Å². The zero-order valence-electron chi connectivity index (χ0n) is 15.6. The minimum absolute atomic E-state index is 0.102. The molecule has 0 saturated carbocycles. The van der Waals surface area contributed by atoms with Crippen molar-refractivity contribution in [1.82, 2.24) is 0 Å². The fourth-order valence-electron chi connectivity index (χ4n) is 3.23. The van der Waals surface area contributed by atoms with Gasteiger partial charge in [0, 0.05) is 16.9 Å². The van der Waals surface area contributed by atoms with E-state index in [1.165, 1.54) is 35.3 Å². The van der Waals surface area contributed by atoms with Crippen molar-refractivity contribution in [2.75, 3.05) is 11.9 Å². The van der Waals surface area contributed by atoms with Gasteiger partial charge in [-0.25, -0.2) is 4.79 Å². The van der Waals surface area contributed by atoms with Crippen molar-refractivity contribution in [3.63, 3.8) is 0 Å². The second kappa shape index (κ2) is 8.04. The van der Waals surface area contributed by atoms with Crippen molar-refractivity contribution in [3.05, 3.63) is 40.3 Å². The molecule has 5 heteroatoms. The zero-order valence-corrected chi connectivity index (χ0v) is 16.4. The first-order valence-corrected chi connectivity index (χ1v) is 10.1. The molecule has 1 amide bonds. The lowest BCUT2D eigenvalue weighted by Crippen LogP contribution is -2.19. The van der Waals surface area contributed by atoms with E-state index in [4.69, 9.17) is 4.74 Å². The smallest absolute Gasteiger partial charge is 0.341 e. The van der Waals surface area contributed by atoms with Gasteiger partial charge in [-0.15, -0.1) is 11.3 Å². The highest BCUT2D eigenvalue weighted by molar-refractivity contribution is 7.15. The number of aryl methyl sites for hydroxylation is 2. The summed E-state index contributed by atoms with van der Waals surface area (Å²) in [5.41, 5.74) is 5.07. The van der Waals surface area contributed by atoms with Crippen molar-refractivity contribution in [3.8, 4) is 11.1 Å². The zero-order chi connectivity index (χ0) is 18.7. The van der Waals surface area contributed by atoms with E-state index in [-0.39, 0.29) is 17.8 Å². The molecule has 1 aliphatic rings. The van der Waals surface area contributed by atoms with Gasteiger partial charge in [0.1, 0.15) is 10.6 Å². The molecule has 1 aromatic heterocycles. The SMILES string of the molecule is CCOC(=O)c1c(-c2ccc3c(c2)CCCC3)csc1NC(=O)C(C)C. The first kappa shape index (κ1) is 18.6. The van der Waals surface area contributed by atoms with Crippen LogP contribution in [0, 0.1) is 5.92 Å². The van der Waals surface area contributed by atoms with Crippen LogP contribution >= 0.6 is 11.3 Å². The fourth-order valence-corrected chi connectivity index (χ4v) is 4.19. The summed E-state index contributed by atoms with van der Waals surface area (Å²) < 4.78 is 5.26. The van der Waals surface area contributed by atoms with Crippen molar-refractivity contribution >= 4 is 28.2 Å². The van der Waals surface area contributed by atoms with Crippen molar-refractivity contribution in [1.29, 1.82) is 0 Å². The van der Waals surface area contributed by atoms with Crippen LogP contribution < -0.4 is 5.32 Å². The topological polar surface area (TPSA) is 55.4 Å². The number of hydrogen-bond acceptors (Lipinski definition) is 4. The first-order chi connectivity index (χ1) is 12.5. The van der Waals surface area contributed by atoms with Gasteiger partial charge in [-0.2, -0.15) is 0 Å². The molecule has 0 unspecified atom stereocenters. The van der Waals surface area contributed by atoms with Crippen molar-refractivity contribution in [2.24, 2.45) is 5.92 Å². The minimum atomic E-state index is -0.388. The lowest BCUT2D eigenvalue weighted by molar-refractivity contribution is -0.118. The quantitative estimate of drug-likeness (QED) is 0.747. The van der Waals surface area contributed by atoms with E-state index in [1.807, 2.05) is 19.2 Å². The number of carbonyl (C=O) groups is 2. The second-order valence-corrected chi connectivity index (χ2v) is 7.79. The second-order valence-electron chi connectivity index (χ2n) is 6.91. The maximum Gasteiger partial charge on any atom is 0.341 e. The van der Waals surface area contributed by atoms with E-state index < -0.39 is 0 Å². The number of benzene rings is 1. The highest BCUT2D eigenvalue weighted by Gasteiger charge is 2.24. The van der Waals surface area contributed by atoms with Crippen LogP contribution in [0.1, 0.15) is 55.1 Å². The van der Waals surface area contributed by atoms with E-state index in [9.17, 15) is 9.59 Å². The van der Waals surface area contributed by atoms with Crippen LogP contribution in [0.15, 0.2) is 23.6 Å². The molecule has 0 fully saturated rings. The Morgan fingerprint density at radius 1 is 1.19 bits per heavy atom. The summed E-state index contributed by atoms with van der Waals surface area (Å²) in [7, 11) is 0. The van der Waals surface area contributed by atoms with Gasteiger partial charge >= 0.3 is 5.97 Å². The monoisotopic (exact) mass is 371 g/mol. The van der Waals surface area contributed by atoms with Crippen LogP contribution in [0.25, 0.3) is 11.1 Å². The summed E-state index contributed by atoms with van der Waals surface area (Å²) >= 11 is 1.38. The summed E-state index contributed by atoms with van der Waals surface area (Å²) in [6.07, 6.45) is 4.66. The molecular weight excluding hydrogens is 346 g/mol. The molecular formula is C21H25NO3S. The first-order valence-electron chi connectivity index (χ1n) is 9.23. The van der Waals surface area contributed by atoms with Crippen LogP contribution in [-0.4, -0.2) is 18.5 Å². The molecule has 1 aliphatic carbocycles. The van der Waals surface area contributed by atoms with E-state index in [0.717, 1.165) is 24.0 Å². The molecule has 0 spiro atoms. The number of thiophene rings is 1. The summed E-state index contributed by atoms with van der Waals surface area (Å²) in [6, 6.07) is 6.43. The Labute approximate surface area is 158 Å². The third-order valence-corrected chi connectivity index (χ3v) is 5.59. The summed E-state index contributed by atoms with van der Waals surface area (Å²) in [4.78, 5) is 24.7. The molecule has 4 nitrogen and oxygen atoms in total. The molecule has 138 valence electrons. The Balaban J connectivity index is 2.02. The fraction of sp³-hybridized carbons (Fsp3) is 0.429. The highest BCUT2D eigenvalue weighted by atomic mass is 32.1. The molecule has 0 atom stereocenters. The average Bonchev–Trinajstić information content (AvgIpc) is 3.05. The Kier molecular flexibility index (Phi) is 5.77. The Morgan fingerprint density at radius 2 is 1.92 bits per heavy atom. The molecule has 1 heterocycles. The molecule has 3 rings (SSSR count). The number of anilines is 1. The molecule has 0 saturated heterocycles. The van der Waals surface area contributed by atoms with Gasteiger partial charge in [0.15, 0.2) is 0 Å². The lowest BCUT2D eigenvalue weighted by atomic mass is 9.89. The molecule has 1 aromatic carbocycles. The van der Waals surface area contributed by atoms with Gasteiger partial charge in [0.2, 0.25) is 5.91 Å². The summed E-state index contributed by atoms with van der Waals surface area (Å²) in [5, 5.41) is 5.38. The largest absolute Gasteiger partial charge is 0.462 e. The lowest BCUT2D eigenvalue weighted by Gasteiger charge is -2.17. The predicted octanol–water partition coefficient (Wildman–Crippen LogP) is 5.07. The van der Waals surface area contributed by atoms with Gasteiger partial charge in [0.05, 0.1) is 6.61 Å². The predicted molar refractivity (Wildman–Crippen MR) is 106 cm³/mol. The maximum atomic E-state index is 12.6. The van der Waals surface area contributed by atoms with Gasteiger partial charge in [-0.3, -0.25) is 4.79 Å². The molecule has 2 aromatic rings. The van der Waals surface area contributed by atoms with Gasteiger partial charge in [0.25, 0.3) is 0 Å². The third kappa shape index (κ3) is 3.83. The van der Waals surface area contributed by atoms with E-state index in [2.05, 4.69) is 23.5 Å². The minimum Gasteiger partial charge on any atom is -0.462 e. The number of carbonyl (C=O) groups excluding carboxylic acids is 2. The summed E-state index contributed by atoms with van der Waals surface area (Å²) in [5.74, 6) is -0.644. The number of ether oxygens (including phenoxy) is 1. The number of esters is 1. The van der Waals surface area contributed by atoms with Gasteiger partial charge in [-0.1, -0.05) is 32.0 Å². The van der Waals surface area contributed by atoms with Crippen LogP contribution in [0.5, 0.6) is 0 Å². The van der Waals surface area contributed by atoms with Gasteiger partial charge < -0.3 is 10.1 Å². The number of amides is 1. The Hall–Kier alpha value is -2.14. The van der Waals surface area contributed by atoms with Crippen LogP contribution in [0.3, 0.4) is 0 Å². The standard InChI is InChI=1S/C21H25NO3S/c1-4-25-21(24)18-17(12-26-20(18)22-19(23)13(2)3)16-10-9-14-7-5-6-8-15(14)11-16/h9-13H,4-8H2,1-3H3,(H,22,23). The van der Waals surface area contributed by atoms with Crippen LogP contribution in [0.4, 0.5) is 5.00 Å². The van der Waals surface area contributed by atoms with Gasteiger partial charge in [-0.05, 0) is 49.3 Å².